The molecule has 2 aliphatic heterocycles. The molecule has 2 unspecified atom stereocenters. The summed E-state index contributed by atoms with van der Waals surface area (Å²) in [4.78, 5) is 24.3. The summed E-state index contributed by atoms with van der Waals surface area (Å²) in [6, 6.07) is 44.7. The molecule has 9 aromatic rings. The predicted molar refractivity (Wildman–Crippen MR) is 282 cm³/mol. The Labute approximate surface area is 425 Å². The van der Waals surface area contributed by atoms with E-state index >= 15 is 8.42 Å². The summed E-state index contributed by atoms with van der Waals surface area (Å²) >= 11 is 0. The fourth-order valence-corrected chi connectivity index (χ4v) is 13.4. The lowest BCUT2D eigenvalue weighted by atomic mass is 9.96. The maximum atomic E-state index is 15.0. The van der Waals surface area contributed by atoms with Crippen LogP contribution in [0.1, 0.15) is 46.5 Å². The molecule has 73 heavy (non-hydrogen) atoms. The molecular formula is C57H54FN9O4S2. The van der Waals surface area contributed by atoms with Gasteiger partial charge in [0, 0.05) is 79.8 Å². The number of anilines is 2. The Morgan fingerprint density at radius 2 is 1.12 bits per heavy atom. The number of pyridine rings is 1. The quantitative estimate of drug-likeness (QED) is 0.102. The van der Waals surface area contributed by atoms with Crippen molar-refractivity contribution in [1.82, 2.24) is 33.5 Å². The van der Waals surface area contributed by atoms with Gasteiger partial charge in [0.1, 0.15) is 5.82 Å². The monoisotopic (exact) mass is 1010 g/mol. The van der Waals surface area contributed by atoms with Gasteiger partial charge in [0.2, 0.25) is 20.0 Å². The number of nitrogens with one attached hydrogen (secondary N) is 2. The molecule has 2 aliphatic rings. The number of para-hydroxylation sites is 1. The Balaban J connectivity index is 0.932. The number of nitrogens with zero attached hydrogens (tertiary/aromatic N) is 7. The van der Waals surface area contributed by atoms with E-state index in [1.807, 2.05) is 66.9 Å². The highest BCUT2D eigenvalue weighted by Crippen LogP contribution is 2.38. The van der Waals surface area contributed by atoms with Crippen LogP contribution in [0.15, 0.2) is 193 Å². The van der Waals surface area contributed by atoms with Crippen LogP contribution in [0.25, 0.3) is 21.9 Å². The predicted octanol–water partition coefficient (Wildman–Crippen LogP) is 9.91. The smallest absolute Gasteiger partial charge is 0.243 e. The Morgan fingerprint density at radius 3 is 1.82 bits per heavy atom. The maximum Gasteiger partial charge on any atom is 0.243 e. The number of hydrogen-bond donors (Lipinski definition) is 2. The first-order valence-corrected chi connectivity index (χ1v) is 27.3. The molecule has 0 saturated carbocycles. The molecule has 11 rings (SSSR count). The Bertz CT molecular complexity index is 3580. The molecule has 0 amide bonds. The first kappa shape index (κ1) is 47.8. The van der Waals surface area contributed by atoms with E-state index in [2.05, 4.69) is 83.3 Å². The maximum absolute atomic E-state index is 15.0. The lowest BCUT2D eigenvalue weighted by molar-refractivity contribution is 0.370. The van der Waals surface area contributed by atoms with Gasteiger partial charge >= 0.3 is 0 Å². The summed E-state index contributed by atoms with van der Waals surface area (Å²) in [5.41, 5.74) is 9.64. The van der Waals surface area contributed by atoms with E-state index < -0.39 is 25.9 Å². The van der Waals surface area contributed by atoms with Crippen LogP contribution in [0.3, 0.4) is 0 Å². The molecule has 0 fully saturated rings. The Morgan fingerprint density at radius 1 is 0.521 bits per heavy atom. The average molecular weight is 1010 g/mol. The number of aromatic amines is 2. The lowest BCUT2D eigenvalue weighted by Crippen LogP contribution is -2.43. The third-order valence-corrected chi connectivity index (χ3v) is 17.9. The van der Waals surface area contributed by atoms with E-state index in [4.69, 9.17) is 0 Å². The van der Waals surface area contributed by atoms with Gasteiger partial charge in [0.15, 0.2) is 0 Å². The summed E-state index contributed by atoms with van der Waals surface area (Å²) in [5, 5.41) is 1.67. The third-order valence-electron chi connectivity index (χ3n) is 14.2. The zero-order chi connectivity index (χ0) is 49.9. The van der Waals surface area contributed by atoms with Gasteiger partial charge in [-0.3, -0.25) is 4.98 Å². The second-order valence-electron chi connectivity index (χ2n) is 18.9. The minimum atomic E-state index is -4.01. The third kappa shape index (κ3) is 10.3. The van der Waals surface area contributed by atoms with Crippen molar-refractivity contribution in [3.63, 3.8) is 0 Å². The van der Waals surface area contributed by atoms with Crippen molar-refractivity contribution < 1.29 is 21.2 Å². The number of aromatic nitrogens is 5. The molecule has 3 aromatic heterocycles. The van der Waals surface area contributed by atoms with Crippen molar-refractivity contribution in [2.75, 3.05) is 22.9 Å². The Hall–Kier alpha value is -7.50. The number of hydrogen-bond acceptors (Lipinski definition) is 9. The largest absolute Gasteiger partial charge is 0.361 e. The molecule has 5 heterocycles. The van der Waals surface area contributed by atoms with E-state index in [1.54, 1.807) is 47.7 Å². The summed E-state index contributed by atoms with van der Waals surface area (Å²) in [6.45, 7) is 1.77. The fourth-order valence-electron chi connectivity index (χ4n) is 10.4. The lowest BCUT2D eigenvalue weighted by Gasteiger charge is -2.34. The molecule has 0 aliphatic carbocycles. The molecular weight excluding hydrogens is 958 g/mol. The van der Waals surface area contributed by atoms with Crippen molar-refractivity contribution in [2.45, 2.75) is 73.7 Å². The number of benzene rings is 6. The van der Waals surface area contributed by atoms with E-state index in [0.717, 1.165) is 67.8 Å². The first-order valence-electron chi connectivity index (χ1n) is 24.5. The summed E-state index contributed by atoms with van der Waals surface area (Å²) in [5.74, 6) is -0.502. The molecule has 0 saturated heterocycles. The van der Waals surface area contributed by atoms with Crippen molar-refractivity contribution in [3.8, 4) is 11.1 Å². The van der Waals surface area contributed by atoms with Crippen LogP contribution < -0.4 is 9.80 Å². The molecule has 13 nitrogen and oxygen atoms in total. The van der Waals surface area contributed by atoms with Gasteiger partial charge < -0.3 is 19.8 Å². The van der Waals surface area contributed by atoms with Crippen molar-refractivity contribution in [1.29, 1.82) is 0 Å². The van der Waals surface area contributed by atoms with Crippen LogP contribution in [-0.2, 0) is 59.1 Å². The van der Waals surface area contributed by atoms with Crippen LogP contribution in [0.5, 0.6) is 0 Å². The number of sulfonamides is 2. The highest BCUT2D eigenvalue weighted by molar-refractivity contribution is 7.89. The van der Waals surface area contributed by atoms with Crippen molar-refractivity contribution in [2.24, 2.45) is 0 Å². The van der Waals surface area contributed by atoms with Crippen LogP contribution in [-0.4, -0.2) is 75.5 Å². The van der Waals surface area contributed by atoms with Gasteiger partial charge in [-0.25, -0.2) is 31.2 Å². The van der Waals surface area contributed by atoms with Gasteiger partial charge in [-0.05, 0) is 125 Å². The average Bonchev–Trinajstić information content (AvgIpc) is 4.09. The summed E-state index contributed by atoms with van der Waals surface area (Å²) in [7, 11) is -8.00. The molecule has 0 spiro atoms. The number of fused-ring (bicyclic) bond motifs is 3. The molecule has 16 heteroatoms. The van der Waals surface area contributed by atoms with Crippen LogP contribution in [0.2, 0.25) is 0 Å². The van der Waals surface area contributed by atoms with E-state index in [9.17, 15) is 12.8 Å². The number of H-pyrrole nitrogens is 2. The first-order chi connectivity index (χ1) is 35.5. The number of imidazole rings is 2. The second-order valence-corrected chi connectivity index (χ2v) is 22.8. The standard InChI is InChI=1S/C57H54FN9O4S2/c58-49-17-22-54(23-18-49)72(68,69)64-33-47-10-4-5-12-56(47)66(35-50-31-60-39-62-50)53(37-64)20-14-42-9-6-11-43(27-42)44-16-24-57-48(28-44)34-65(73(70,71)55-21-15-46-30-59-26-25-45(46)29-55)38-52(19-13-41-7-2-1-3-8-41)67(57)36-51-32-61-40-63-51/h1-12,15-18,21-32,39-40,52-53H,13-14,19-20,33-38H2,(H,60,62)(H,61,63). The number of rotatable bonds is 15. The Kier molecular flexibility index (Phi) is 13.5. The SMILES string of the molecule is O=S(=O)(c1ccc(F)cc1)N1Cc2ccccc2N(Cc2cnc[nH]2)C(CCc2cccc(-c3ccc4c(c3)CN(S(=O)(=O)c3ccc5cnccc5c3)CC(CCc3ccccc3)N4Cc3cnc[nH]3)c2)C1. The van der Waals surface area contributed by atoms with Crippen LogP contribution >= 0.6 is 0 Å². The minimum Gasteiger partial charge on any atom is -0.361 e. The van der Waals surface area contributed by atoms with Gasteiger partial charge in [-0.2, -0.15) is 8.61 Å². The molecule has 6 aromatic carbocycles. The summed E-state index contributed by atoms with van der Waals surface area (Å²) < 4.78 is 75.9. The summed E-state index contributed by atoms with van der Waals surface area (Å²) in [6.07, 6.45) is 13.1. The zero-order valence-corrected chi connectivity index (χ0v) is 41.6. The van der Waals surface area contributed by atoms with Crippen molar-refractivity contribution in [3.05, 3.63) is 222 Å². The van der Waals surface area contributed by atoms with Gasteiger partial charge in [-0.15, -0.1) is 0 Å². The fraction of sp³-hybridized carbons (Fsp3) is 0.211. The second kappa shape index (κ2) is 20.5. The minimum absolute atomic E-state index is 0.0416. The molecule has 2 atom stereocenters. The number of halogens is 1. The normalized spacial score (nSPS) is 16.7. The van der Waals surface area contributed by atoms with Gasteiger partial charge in [0.25, 0.3) is 0 Å². The van der Waals surface area contributed by atoms with E-state index in [-0.39, 0.29) is 48.1 Å². The molecule has 0 radical (unpaired) electrons. The molecule has 0 bridgehead atoms. The topological polar surface area (TPSA) is 151 Å². The van der Waals surface area contributed by atoms with Crippen LogP contribution in [0, 0.1) is 5.82 Å². The number of aryl methyl sites for hydroxylation is 2. The highest BCUT2D eigenvalue weighted by Gasteiger charge is 2.37. The van der Waals surface area contributed by atoms with E-state index in [1.165, 1.54) is 34.1 Å². The zero-order valence-electron chi connectivity index (χ0n) is 40.0. The van der Waals surface area contributed by atoms with Gasteiger partial charge in [-0.1, -0.05) is 84.9 Å². The highest BCUT2D eigenvalue weighted by atomic mass is 32.2. The molecule has 370 valence electrons. The van der Waals surface area contributed by atoms with Crippen LogP contribution in [0.4, 0.5) is 15.8 Å². The molecule has 2 N–H and O–H groups in total. The van der Waals surface area contributed by atoms with Gasteiger partial charge in [0.05, 0.1) is 46.9 Å². The van der Waals surface area contributed by atoms with E-state index in [0.29, 0.717) is 32.4 Å². The van der Waals surface area contributed by atoms with Crippen molar-refractivity contribution >= 4 is 42.2 Å².